The second-order valence-corrected chi connectivity index (χ2v) is 7.77. The number of hydrogen-bond donors (Lipinski definition) is 2. The summed E-state index contributed by atoms with van der Waals surface area (Å²) in [4.78, 5) is 14.3. The van der Waals surface area contributed by atoms with Gasteiger partial charge in [-0.1, -0.05) is 32.0 Å². The molecule has 24 heavy (non-hydrogen) atoms. The summed E-state index contributed by atoms with van der Waals surface area (Å²) < 4.78 is 13.9. The van der Waals surface area contributed by atoms with Crippen LogP contribution in [0, 0.1) is 17.2 Å². The fraction of sp³-hybridized carbons (Fsp3) is 0.632. The quantitative estimate of drug-likeness (QED) is 0.892. The molecule has 2 fully saturated rings. The smallest absolute Gasteiger partial charge is 0.317 e. The topological polar surface area (TPSA) is 52.6 Å². The number of benzene rings is 1. The number of carbonyl (C=O) groups is 1. The number of aliphatic hydroxyl groups is 1. The Morgan fingerprint density at radius 2 is 2.17 bits per heavy atom. The molecule has 1 aliphatic heterocycles. The van der Waals surface area contributed by atoms with Gasteiger partial charge in [-0.25, -0.2) is 9.18 Å². The number of rotatable bonds is 3. The highest BCUT2D eigenvalue weighted by molar-refractivity contribution is 5.75. The Bertz CT molecular complexity index is 609. The summed E-state index contributed by atoms with van der Waals surface area (Å²) in [5.74, 6) is 0.307. The minimum atomic E-state index is -0.220. The minimum Gasteiger partial charge on any atom is -0.396 e. The molecule has 0 radical (unpaired) electrons. The molecule has 132 valence electrons. The fourth-order valence-electron chi connectivity index (χ4n) is 4.04. The van der Waals surface area contributed by atoms with Gasteiger partial charge in [0.25, 0.3) is 0 Å². The van der Waals surface area contributed by atoms with E-state index in [0.717, 1.165) is 24.8 Å². The summed E-state index contributed by atoms with van der Waals surface area (Å²) in [7, 11) is 0. The maximum absolute atomic E-state index is 13.9. The van der Waals surface area contributed by atoms with Crippen LogP contribution in [0.15, 0.2) is 24.3 Å². The van der Waals surface area contributed by atoms with Gasteiger partial charge in [-0.05, 0) is 42.7 Å². The Labute approximate surface area is 143 Å². The monoisotopic (exact) mass is 334 g/mol. The van der Waals surface area contributed by atoms with E-state index >= 15 is 0 Å². The van der Waals surface area contributed by atoms with Crippen molar-refractivity contribution in [3.8, 4) is 0 Å². The van der Waals surface area contributed by atoms with E-state index in [4.69, 9.17) is 0 Å². The largest absolute Gasteiger partial charge is 0.396 e. The van der Waals surface area contributed by atoms with Gasteiger partial charge >= 0.3 is 6.03 Å². The van der Waals surface area contributed by atoms with Crippen LogP contribution in [0.1, 0.15) is 44.6 Å². The van der Waals surface area contributed by atoms with Crippen molar-refractivity contribution in [2.75, 3.05) is 19.7 Å². The van der Waals surface area contributed by atoms with E-state index in [-0.39, 0.29) is 41.7 Å². The molecule has 1 aliphatic carbocycles. The third-order valence-electron chi connectivity index (χ3n) is 5.99. The Hall–Kier alpha value is -1.62. The van der Waals surface area contributed by atoms with E-state index < -0.39 is 0 Å². The molecule has 2 aliphatic rings. The molecule has 0 bridgehead atoms. The number of aliphatic hydroxyl groups excluding tert-OH is 1. The number of urea groups is 1. The van der Waals surface area contributed by atoms with Crippen molar-refractivity contribution < 1.29 is 14.3 Å². The number of nitrogens with zero attached hydrogens (tertiary/aromatic N) is 1. The zero-order valence-corrected chi connectivity index (χ0v) is 14.5. The molecule has 2 N–H and O–H groups in total. The first kappa shape index (κ1) is 17.2. The van der Waals surface area contributed by atoms with Crippen LogP contribution in [-0.2, 0) is 0 Å². The van der Waals surface area contributed by atoms with Crippen molar-refractivity contribution >= 4 is 6.03 Å². The molecule has 4 atom stereocenters. The lowest BCUT2D eigenvalue weighted by Crippen LogP contribution is -2.44. The lowest BCUT2D eigenvalue weighted by Gasteiger charge is -2.25. The number of carbonyl (C=O) groups excluding carboxylic acids is 1. The third-order valence-corrected chi connectivity index (χ3v) is 5.99. The number of amides is 2. The predicted molar refractivity (Wildman–Crippen MR) is 91.2 cm³/mol. The summed E-state index contributed by atoms with van der Waals surface area (Å²) in [6.45, 7) is 5.45. The van der Waals surface area contributed by atoms with E-state index in [2.05, 4.69) is 12.2 Å². The Morgan fingerprint density at radius 1 is 1.42 bits per heavy atom. The predicted octanol–water partition coefficient (Wildman–Crippen LogP) is 3.12. The van der Waals surface area contributed by atoms with E-state index in [9.17, 15) is 14.3 Å². The van der Waals surface area contributed by atoms with Gasteiger partial charge in [-0.3, -0.25) is 0 Å². The van der Waals surface area contributed by atoms with E-state index in [1.807, 2.05) is 19.1 Å². The molecule has 1 saturated carbocycles. The van der Waals surface area contributed by atoms with Crippen molar-refractivity contribution in [2.45, 2.75) is 45.1 Å². The van der Waals surface area contributed by atoms with Crippen LogP contribution in [0.3, 0.4) is 0 Å². The summed E-state index contributed by atoms with van der Waals surface area (Å²) >= 11 is 0. The van der Waals surface area contributed by atoms with E-state index in [1.165, 1.54) is 6.07 Å². The molecule has 1 saturated heterocycles. The van der Waals surface area contributed by atoms with Crippen LogP contribution in [-0.4, -0.2) is 41.8 Å². The molecule has 5 heteroatoms. The molecule has 3 rings (SSSR count). The first-order chi connectivity index (χ1) is 11.4. The van der Waals surface area contributed by atoms with Crippen LogP contribution in [0.4, 0.5) is 9.18 Å². The zero-order chi connectivity index (χ0) is 17.3. The normalized spacial score (nSPS) is 33.0. The highest BCUT2D eigenvalue weighted by atomic mass is 19.1. The number of hydrogen-bond acceptors (Lipinski definition) is 2. The maximum atomic E-state index is 13.9. The van der Waals surface area contributed by atoms with Crippen LogP contribution < -0.4 is 5.32 Å². The second-order valence-electron chi connectivity index (χ2n) is 7.77. The molecular weight excluding hydrogens is 307 g/mol. The van der Waals surface area contributed by atoms with Crippen molar-refractivity contribution in [3.05, 3.63) is 35.6 Å². The van der Waals surface area contributed by atoms with Crippen molar-refractivity contribution in [1.82, 2.24) is 10.2 Å². The van der Waals surface area contributed by atoms with Gasteiger partial charge in [-0.2, -0.15) is 0 Å². The summed E-state index contributed by atoms with van der Waals surface area (Å²) in [6.07, 6.45) is 2.56. The van der Waals surface area contributed by atoms with Crippen LogP contribution >= 0.6 is 0 Å². The second kappa shape index (κ2) is 6.71. The molecule has 1 heterocycles. The van der Waals surface area contributed by atoms with E-state index in [1.54, 1.807) is 11.0 Å². The molecule has 0 aromatic heterocycles. The Balaban J connectivity index is 1.56. The van der Waals surface area contributed by atoms with Crippen LogP contribution in [0.25, 0.3) is 0 Å². The Morgan fingerprint density at radius 3 is 2.83 bits per heavy atom. The Kier molecular flexibility index (Phi) is 4.81. The molecule has 1 aromatic rings. The first-order valence-corrected chi connectivity index (χ1v) is 8.83. The molecule has 4 unspecified atom stereocenters. The van der Waals surface area contributed by atoms with Gasteiger partial charge in [0.1, 0.15) is 5.82 Å². The van der Waals surface area contributed by atoms with Gasteiger partial charge in [0.15, 0.2) is 0 Å². The van der Waals surface area contributed by atoms with Crippen molar-refractivity contribution in [2.24, 2.45) is 11.3 Å². The number of nitrogens with one attached hydrogen (secondary N) is 1. The molecule has 2 amide bonds. The van der Waals surface area contributed by atoms with Gasteiger partial charge in [0.2, 0.25) is 0 Å². The average Bonchev–Trinajstić information content (AvgIpc) is 3.13. The SMILES string of the molecule is CC1CN(C(=O)NC2CCC(c3ccccc3F)C2)CC1(C)CO. The fourth-order valence-corrected chi connectivity index (χ4v) is 4.04. The molecular formula is C19H27FN2O2. The molecule has 1 aromatic carbocycles. The minimum absolute atomic E-state index is 0.0572. The average molecular weight is 334 g/mol. The summed E-state index contributed by atoms with van der Waals surface area (Å²) in [5.41, 5.74) is 0.541. The number of likely N-dealkylation sites (tertiary alicyclic amines) is 1. The maximum Gasteiger partial charge on any atom is 0.317 e. The van der Waals surface area contributed by atoms with Crippen LogP contribution in [0.2, 0.25) is 0 Å². The molecule has 4 nitrogen and oxygen atoms in total. The van der Waals surface area contributed by atoms with Crippen molar-refractivity contribution in [1.29, 1.82) is 0 Å². The number of halogens is 1. The van der Waals surface area contributed by atoms with Gasteiger partial charge < -0.3 is 15.3 Å². The molecule has 0 spiro atoms. The summed E-state index contributed by atoms with van der Waals surface area (Å²) in [5, 5.41) is 12.7. The van der Waals surface area contributed by atoms with Crippen LogP contribution in [0.5, 0.6) is 0 Å². The van der Waals surface area contributed by atoms with Crippen molar-refractivity contribution in [3.63, 3.8) is 0 Å². The highest BCUT2D eigenvalue weighted by Crippen LogP contribution is 2.37. The first-order valence-electron chi connectivity index (χ1n) is 8.83. The van der Waals surface area contributed by atoms with Gasteiger partial charge in [0.05, 0.1) is 6.61 Å². The van der Waals surface area contributed by atoms with Gasteiger partial charge in [-0.15, -0.1) is 0 Å². The summed E-state index contributed by atoms with van der Waals surface area (Å²) in [6, 6.07) is 6.96. The third kappa shape index (κ3) is 3.27. The van der Waals surface area contributed by atoms with E-state index in [0.29, 0.717) is 13.1 Å². The standard InChI is InChI=1S/C19H27FN2O2/c1-13-10-22(11-19(13,2)12-23)18(24)21-15-8-7-14(9-15)16-5-3-4-6-17(16)20/h3-6,13-15,23H,7-12H2,1-2H3,(H,21,24). The lowest BCUT2D eigenvalue weighted by atomic mass is 9.82. The zero-order valence-electron chi connectivity index (χ0n) is 14.5. The lowest BCUT2D eigenvalue weighted by molar-refractivity contribution is 0.118. The highest BCUT2D eigenvalue weighted by Gasteiger charge is 2.42. The van der Waals surface area contributed by atoms with Gasteiger partial charge in [0, 0.05) is 24.5 Å².